The number of aliphatic hydroxyl groups excluding tert-OH is 1. The summed E-state index contributed by atoms with van der Waals surface area (Å²) in [5, 5.41) is 14.3. The average molecular weight is 297 g/mol. The highest BCUT2D eigenvalue weighted by Gasteiger charge is 2.55. The molecular formula is C17H19N3O2. The van der Waals surface area contributed by atoms with Crippen molar-refractivity contribution in [3.63, 3.8) is 0 Å². The second-order valence-electron chi connectivity index (χ2n) is 6.55. The summed E-state index contributed by atoms with van der Waals surface area (Å²) in [4.78, 5) is 14.5. The average Bonchev–Trinajstić information content (AvgIpc) is 3.06. The fourth-order valence-electron chi connectivity index (χ4n) is 3.34. The van der Waals surface area contributed by atoms with E-state index in [4.69, 9.17) is 0 Å². The molecule has 5 heteroatoms. The Morgan fingerprint density at radius 2 is 2.18 bits per heavy atom. The van der Waals surface area contributed by atoms with Crippen molar-refractivity contribution in [2.24, 2.45) is 12.5 Å². The summed E-state index contributed by atoms with van der Waals surface area (Å²) in [5.41, 5.74) is 2.65. The Bertz CT molecular complexity index is 733. The van der Waals surface area contributed by atoms with Crippen molar-refractivity contribution in [2.45, 2.75) is 18.9 Å². The van der Waals surface area contributed by atoms with Crippen molar-refractivity contribution in [1.29, 1.82) is 0 Å². The number of hydrogen-bond donors (Lipinski definition) is 1. The van der Waals surface area contributed by atoms with Gasteiger partial charge in [0.1, 0.15) is 0 Å². The second-order valence-corrected chi connectivity index (χ2v) is 6.55. The minimum absolute atomic E-state index is 0.00335. The van der Waals surface area contributed by atoms with Gasteiger partial charge in [0.25, 0.3) is 5.91 Å². The van der Waals surface area contributed by atoms with Crippen molar-refractivity contribution in [1.82, 2.24) is 14.7 Å². The molecule has 1 unspecified atom stereocenters. The molecule has 1 N–H and O–H groups in total. The van der Waals surface area contributed by atoms with Gasteiger partial charge < -0.3 is 10.0 Å². The molecule has 1 aliphatic carbocycles. The summed E-state index contributed by atoms with van der Waals surface area (Å²) in [6.45, 7) is 1.14. The van der Waals surface area contributed by atoms with Crippen LogP contribution in [0.15, 0.2) is 36.7 Å². The number of aromatic nitrogens is 2. The van der Waals surface area contributed by atoms with E-state index in [1.54, 1.807) is 15.8 Å². The summed E-state index contributed by atoms with van der Waals surface area (Å²) in [6.07, 6.45) is 5.43. The maximum absolute atomic E-state index is 12.7. The molecule has 1 spiro atoms. The van der Waals surface area contributed by atoms with E-state index in [1.165, 1.54) is 0 Å². The Hall–Kier alpha value is -2.14. The third-order valence-corrected chi connectivity index (χ3v) is 4.93. The van der Waals surface area contributed by atoms with Gasteiger partial charge in [-0.05, 0) is 30.5 Å². The lowest BCUT2D eigenvalue weighted by atomic mass is 10.0. The van der Waals surface area contributed by atoms with Crippen LogP contribution in [0.1, 0.15) is 23.2 Å². The Morgan fingerprint density at radius 3 is 2.82 bits per heavy atom. The quantitative estimate of drug-likeness (QED) is 0.917. The maximum atomic E-state index is 12.7. The van der Waals surface area contributed by atoms with Crippen LogP contribution in [0, 0.1) is 5.41 Å². The topological polar surface area (TPSA) is 58.4 Å². The van der Waals surface area contributed by atoms with Gasteiger partial charge in [-0.1, -0.05) is 12.1 Å². The number of carbonyl (C=O) groups excluding carboxylic acids is 1. The van der Waals surface area contributed by atoms with Gasteiger partial charge in [-0.25, -0.2) is 0 Å². The number of rotatable bonds is 2. The Balaban J connectivity index is 1.59. The van der Waals surface area contributed by atoms with Crippen molar-refractivity contribution >= 4 is 5.91 Å². The largest absolute Gasteiger partial charge is 0.391 e. The summed E-state index contributed by atoms with van der Waals surface area (Å²) in [5.74, 6) is 0.00793. The van der Waals surface area contributed by atoms with Gasteiger partial charge in [0, 0.05) is 42.9 Å². The Morgan fingerprint density at radius 1 is 1.36 bits per heavy atom. The third kappa shape index (κ3) is 2.13. The molecule has 5 nitrogen and oxygen atoms in total. The van der Waals surface area contributed by atoms with Crippen LogP contribution >= 0.6 is 0 Å². The van der Waals surface area contributed by atoms with E-state index in [-0.39, 0.29) is 17.4 Å². The zero-order chi connectivity index (χ0) is 15.3. The van der Waals surface area contributed by atoms with Gasteiger partial charge in [-0.3, -0.25) is 9.48 Å². The number of hydrogen-bond acceptors (Lipinski definition) is 3. The first-order chi connectivity index (χ1) is 10.6. The summed E-state index contributed by atoms with van der Waals surface area (Å²) in [7, 11) is 1.87. The van der Waals surface area contributed by atoms with Crippen LogP contribution in [0.4, 0.5) is 0 Å². The number of aliphatic hydroxyl groups is 1. The standard InChI is InChI=1S/C17H19N3O2/c1-19-9-14(8-18-19)12-3-2-4-13(7-12)16(22)20-10-15(21)17(11-20)5-6-17/h2-4,7-9,15,21H,5-6,10-11H2,1H3. The van der Waals surface area contributed by atoms with E-state index in [1.807, 2.05) is 37.5 Å². The van der Waals surface area contributed by atoms with Gasteiger partial charge in [0.05, 0.1) is 12.3 Å². The molecule has 2 aromatic rings. The molecule has 2 fully saturated rings. The van der Waals surface area contributed by atoms with E-state index in [0.717, 1.165) is 24.0 Å². The van der Waals surface area contributed by atoms with Crippen LogP contribution in [0.3, 0.4) is 0 Å². The van der Waals surface area contributed by atoms with E-state index in [0.29, 0.717) is 18.7 Å². The number of carbonyl (C=O) groups is 1. The molecule has 1 aliphatic heterocycles. The highest BCUT2D eigenvalue weighted by atomic mass is 16.3. The fraction of sp³-hybridized carbons (Fsp3) is 0.412. The smallest absolute Gasteiger partial charge is 0.253 e. The number of likely N-dealkylation sites (tertiary alicyclic amines) is 1. The molecule has 1 saturated carbocycles. The van der Waals surface area contributed by atoms with Gasteiger partial charge >= 0.3 is 0 Å². The zero-order valence-corrected chi connectivity index (χ0v) is 12.6. The lowest BCUT2D eigenvalue weighted by Gasteiger charge is -2.16. The lowest BCUT2D eigenvalue weighted by molar-refractivity contribution is 0.0764. The van der Waals surface area contributed by atoms with Gasteiger partial charge in [-0.2, -0.15) is 5.10 Å². The van der Waals surface area contributed by atoms with E-state index >= 15 is 0 Å². The second kappa shape index (κ2) is 4.68. The zero-order valence-electron chi connectivity index (χ0n) is 12.6. The molecule has 2 aliphatic rings. The summed E-state index contributed by atoms with van der Waals surface area (Å²) in [6, 6.07) is 7.63. The van der Waals surface area contributed by atoms with Crippen LogP contribution in [-0.4, -0.2) is 44.9 Å². The lowest BCUT2D eigenvalue weighted by Crippen LogP contribution is -2.29. The van der Waals surface area contributed by atoms with Crippen LogP contribution in [0.25, 0.3) is 11.1 Å². The monoisotopic (exact) mass is 297 g/mol. The molecular weight excluding hydrogens is 278 g/mol. The van der Waals surface area contributed by atoms with E-state index < -0.39 is 0 Å². The summed E-state index contributed by atoms with van der Waals surface area (Å²) >= 11 is 0. The van der Waals surface area contributed by atoms with Crippen LogP contribution in [0.5, 0.6) is 0 Å². The molecule has 1 amide bonds. The summed E-state index contributed by atoms with van der Waals surface area (Å²) < 4.78 is 1.75. The first-order valence-electron chi connectivity index (χ1n) is 7.64. The molecule has 2 heterocycles. The highest BCUT2D eigenvalue weighted by molar-refractivity contribution is 5.95. The first kappa shape index (κ1) is 13.5. The van der Waals surface area contributed by atoms with Crippen molar-refractivity contribution < 1.29 is 9.90 Å². The minimum atomic E-state index is -0.363. The molecule has 0 bridgehead atoms. The van der Waals surface area contributed by atoms with Crippen LogP contribution in [0.2, 0.25) is 0 Å². The van der Waals surface area contributed by atoms with Gasteiger partial charge in [-0.15, -0.1) is 0 Å². The van der Waals surface area contributed by atoms with Gasteiger partial charge in [0.15, 0.2) is 0 Å². The van der Waals surface area contributed by atoms with Crippen molar-refractivity contribution in [3.05, 3.63) is 42.2 Å². The third-order valence-electron chi connectivity index (χ3n) is 4.93. The molecule has 1 atom stereocenters. The number of β-amino-alcohol motifs (C(OH)–C–C–N with tert-alkyl or cyclic N) is 1. The molecule has 0 radical (unpaired) electrons. The number of aryl methyl sites for hydroxylation is 1. The molecule has 1 aromatic heterocycles. The van der Waals surface area contributed by atoms with Gasteiger partial charge in [0.2, 0.25) is 0 Å². The molecule has 1 aromatic carbocycles. The fourth-order valence-corrected chi connectivity index (χ4v) is 3.34. The molecule has 22 heavy (non-hydrogen) atoms. The number of benzene rings is 1. The molecule has 114 valence electrons. The molecule has 4 rings (SSSR count). The van der Waals surface area contributed by atoms with E-state index in [9.17, 15) is 9.90 Å². The number of amides is 1. The Kier molecular flexibility index (Phi) is 2.87. The van der Waals surface area contributed by atoms with Crippen molar-refractivity contribution in [2.75, 3.05) is 13.1 Å². The minimum Gasteiger partial charge on any atom is -0.391 e. The predicted octanol–water partition coefficient (Wildman–Crippen LogP) is 1.68. The normalized spacial score (nSPS) is 22.3. The highest BCUT2D eigenvalue weighted by Crippen LogP contribution is 2.52. The predicted molar refractivity (Wildman–Crippen MR) is 82.2 cm³/mol. The molecule has 1 saturated heterocycles. The van der Waals surface area contributed by atoms with E-state index in [2.05, 4.69) is 5.10 Å². The maximum Gasteiger partial charge on any atom is 0.253 e. The number of nitrogens with zero attached hydrogens (tertiary/aromatic N) is 3. The van der Waals surface area contributed by atoms with Crippen molar-refractivity contribution in [3.8, 4) is 11.1 Å². The Labute approximate surface area is 129 Å². The SMILES string of the molecule is Cn1cc(-c2cccc(C(=O)N3CC(O)C4(CC4)C3)c2)cn1. The van der Waals surface area contributed by atoms with Crippen LogP contribution in [-0.2, 0) is 7.05 Å². The first-order valence-corrected chi connectivity index (χ1v) is 7.64. The van der Waals surface area contributed by atoms with Crippen LogP contribution < -0.4 is 0 Å².